The third-order valence-electron chi connectivity index (χ3n) is 1.92. The van der Waals surface area contributed by atoms with Gasteiger partial charge in [0.25, 0.3) is 0 Å². The lowest BCUT2D eigenvalue weighted by molar-refractivity contribution is -0.166. The summed E-state index contributed by atoms with van der Waals surface area (Å²) < 4.78 is 44.5. The number of halogens is 3. The highest BCUT2D eigenvalue weighted by atomic mass is 19.3. The van der Waals surface area contributed by atoms with E-state index in [9.17, 15) is 18.0 Å². The minimum absolute atomic E-state index is 0.0717. The molecule has 0 heterocycles. The van der Waals surface area contributed by atoms with E-state index in [1.165, 1.54) is 0 Å². The summed E-state index contributed by atoms with van der Waals surface area (Å²) in [5.74, 6) is -7.88. The Hall–Kier alpha value is -1.72. The SMILES string of the molecule is CC(C)Oc1ccc(C(F)(F)C(=O)O)c(F)c1. The Morgan fingerprint density at radius 2 is 2.00 bits per heavy atom. The van der Waals surface area contributed by atoms with E-state index < -0.39 is 23.3 Å². The number of rotatable bonds is 4. The molecule has 17 heavy (non-hydrogen) atoms. The summed E-state index contributed by atoms with van der Waals surface area (Å²) in [5.41, 5.74) is -1.18. The topological polar surface area (TPSA) is 46.5 Å². The van der Waals surface area contributed by atoms with Gasteiger partial charge >= 0.3 is 11.9 Å². The van der Waals surface area contributed by atoms with E-state index in [0.29, 0.717) is 6.07 Å². The fourth-order valence-electron chi connectivity index (χ4n) is 1.21. The molecule has 0 fully saturated rings. The van der Waals surface area contributed by atoms with Crippen molar-refractivity contribution in [2.75, 3.05) is 0 Å². The highest BCUT2D eigenvalue weighted by Gasteiger charge is 2.43. The van der Waals surface area contributed by atoms with E-state index in [1.54, 1.807) is 13.8 Å². The summed E-state index contributed by atoms with van der Waals surface area (Å²) in [5, 5.41) is 8.29. The van der Waals surface area contributed by atoms with Crippen molar-refractivity contribution in [1.82, 2.24) is 0 Å². The molecule has 3 nitrogen and oxygen atoms in total. The predicted molar refractivity (Wildman–Crippen MR) is 53.7 cm³/mol. The van der Waals surface area contributed by atoms with E-state index in [0.717, 1.165) is 12.1 Å². The van der Waals surface area contributed by atoms with Crippen LogP contribution >= 0.6 is 0 Å². The third kappa shape index (κ3) is 2.89. The Labute approximate surface area is 95.8 Å². The molecule has 0 saturated carbocycles. The average Bonchev–Trinajstić information content (AvgIpc) is 2.15. The molecule has 1 N–H and O–H groups in total. The summed E-state index contributed by atoms with van der Waals surface area (Å²) in [7, 11) is 0. The molecular formula is C11H11F3O3. The lowest BCUT2D eigenvalue weighted by Gasteiger charge is -2.14. The van der Waals surface area contributed by atoms with Crippen LogP contribution in [0.1, 0.15) is 19.4 Å². The number of hydrogen-bond donors (Lipinski definition) is 1. The number of hydrogen-bond acceptors (Lipinski definition) is 2. The van der Waals surface area contributed by atoms with Gasteiger partial charge in [-0.25, -0.2) is 9.18 Å². The Morgan fingerprint density at radius 3 is 2.41 bits per heavy atom. The number of alkyl halides is 2. The van der Waals surface area contributed by atoms with Gasteiger partial charge in [-0.2, -0.15) is 8.78 Å². The van der Waals surface area contributed by atoms with Gasteiger partial charge in [-0.15, -0.1) is 0 Å². The Bertz CT molecular complexity index is 430. The van der Waals surface area contributed by atoms with Crippen molar-refractivity contribution in [1.29, 1.82) is 0 Å². The van der Waals surface area contributed by atoms with Gasteiger partial charge in [0, 0.05) is 6.07 Å². The minimum atomic E-state index is -4.25. The monoisotopic (exact) mass is 248 g/mol. The predicted octanol–water partition coefficient (Wildman–Crippen LogP) is 2.79. The van der Waals surface area contributed by atoms with Crippen LogP contribution in [0.5, 0.6) is 5.75 Å². The van der Waals surface area contributed by atoms with Crippen LogP contribution in [0.4, 0.5) is 13.2 Å². The van der Waals surface area contributed by atoms with Crippen molar-refractivity contribution in [2.45, 2.75) is 25.9 Å². The van der Waals surface area contributed by atoms with Crippen molar-refractivity contribution in [2.24, 2.45) is 0 Å². The number of benzene rings is 1. The van der Waals surface area contributed by atoms with Gasteiger partial charge in [-0.1, -0.05) is 0 Å². The van der Waals surface area contributed by atoms with E-state index in [-0.39, 0.29) is 11.9 Å². The Balaban J connectivity index is 3.10. The van der Waals surface area contributed by atoms with Crippen LogP contribution < -0.4 is 4.74 Å². The molecule has 0 saturated heterocycles. The zero-order chi connectivity index (χ0) is 13.2. The first-order chi connectivity index (χ1) is 7.75. The molecule has 0 amide bonds. The molecule has 0 bridgehead atoms. The van der Waals surface area contributed by atoms with Gasteiger partial charge < -0.3 is 9.84 Å². The third-order valence-corrected chi connectivity index (χ3v) is 1.92. The molecule has 6 heteroatoms. The second-order valence-electron chi connectivity index (χ2n) is 3.69. The second kappa shape index (κ2) is 4.65. The van der Waals surface area contributed by atoms with Gasteiger partial charge in [0.15, 0.2) is 0 Å². The van der Waals surface area contributed by atoms with Crippen LogP contribution in [0.2, 0.25) is 0 Å². The Kier molecular flexibility index (Phi) is 3.65. The van der Waals surface area contributed by atoms with Crippen molar-refractivity contribution in [3.05, 3.63) is 29.6 Å². The fraction of sp³-hybridized carbons (Fsp3) is 0.364. The number of carboxylic acids is 1. The molecular weight excluding hydrogens is 237 g/mol. The molecule has 1 aromatic carbocycles. The molecule has 1 aromatic rings. The maximum atomic E-state index is 13.3. The molecule has 0 atom stereocenters. The van der Waals surface area contributed by atoms with Crippen molar-refractivity contribution in [3.63, 3.8) is 0 Å². The average molecular weight is 248 g/mol. The smallest absolute Gasteiger partial charge is 0.379 e. The molecule has 94 valence electrons. The standard InChI is InChI=1S/C11H11F3O3/c1-6(2)17-7-3-4-8(9(12)5-7)11(13,14)10(15)16/h3-6H,1-2H3,(H,15,16). The van der Waals surface area contributed by atoms with Crippen LogP contribution in [-0.4, -0.2) is 17.2 Å². The van der Waals surface area contributed by atoms with Gasteiger partial charge in [0.1, 0.15) is 11.6 Å². The highest BCUT2D eigenvalue weighted by Crippen LogP contribution is 2.32. The Morgan fingerprint density at radius 1 is 1.41 bits per heavy atom. The number of aliphatic carboxylic acids is 1. The summed E-state index contributed by atoms with van der Waals surface area (Å²) in [6.45, 7) is 3.38. The van der Waals surface area contributed by atoms with Crippen molar-refractivity contribution in [3.8, 4) is 5.75 Å². The normalized spacial score (nSPS) is 11.6. The second-order valence-corrected chi connectivity index (χ2v) is 3.69. The first-order valence-electron chi connectivity index (χ1n) is 4.83. The number of ether oxygens (including phenoxy) is 1. The van der Waals surface area contributed by atoms with Crippen LogP contribution in [0.15, 0.2) is 18.2 Å². The quantitative estimate of drug-likeness (QED) is 0.891. The highest BCUT2D eigenvalue weighted by molar-refractivity contribution is 5.77. The lowest BCUT2D eigenvalue weighted by atomic mass is 10.1. The van der Waals surface area contributed by atoms with Crippen molar-refractivity contribution < 1.29 is 27.8 Å². The van der Waals surface area contributed by atoms with Crippen molar-refractivity contribution >= 4 is 5.97 Å². The summed E-state index contributed by atoms with van der Waals surface area (Å²) in [6, 6.07) is 2.56. The molecule has 0 aliphatic heterocycles. The molecule has 0 radical (unpaired) electrons. The van der Waals surface area contributed by atoms with Gasteiger partial charge in [-0.05, 0) is 26.0 Å². The van der Waals surface area contributed by atoms with Crippen LogP contribution in [0.25, 0.3) is 0 Å². The maximum absolute atomic E-state index is 13.3. The summed E-state index contributed by atoms with van der Waals surface area (Å²) in [4.78, 5) is 10.3. The number of carboxylic acid groups (broad SMARTS) is 1. The number of carbonyl (C=O) groups is 1. The zero-order valence-electron chi connectivity index (χ0n) is 9.21. The van der Waals surface area contributed by atoms with Crippen LogP contribution in [0.3, 0.4) is 0 Å². The molecule has 0 spiro atoms. The molecule has 0 unspecified atom stereocenters. The minimum Gasteiger partial charge on any atom is -0.491 e. The fourth-order valence-corrected chi connectivity index (χ4v) is 1.21. The first-order valence-corrected chi connectivity index (χ1v) is 4.83. The van der Waals surface area contributed by atoms with Gasteiger partial charge in [-0.3, -0.25) is 0 Å². The molecule has 1 rings (SSSR count). The van der Waals surface area contributed by atoms with E-state index in [1.807, 2.05) is 0 Å². The summed E-state index contributed by atoms with van der Waals surface area (Å²) in [6.07, 6.45) is -0.236. The van der Waals surface area contributed by atoms with E-state index in [4.69, 9.17) is 9.84 Å². The molecule has 0 aliphatic rings. The van der Waals surface area contributed by atoms with Gasteiger partial charge in [0.2, 0.25) is 0 Å². The molecule has 0 aliphatic carbocycles. The van der Waals surface area contributed by atoms with E-state index in [2.05, 4.69) is 0 Å². The summed E-state index contributed by atoms with van der Waals surface area (Å²) >= 11 is 0. The van der Waals surface area contributed by atoms with E-state index >= 15 is 0 Å². The largest absolute Gasteiger partial charge is 0.491 e. The maximum Gasteiger partial charge on any atom is 0.379 e. The van der Waals surface area contributed by atoms with Gasteiger partial charge in [0.05, 0.1) is 11.7 Å². The lowest BCUT2D eigenvalue weighted by Crippen LogP contribution is -2.26. The van der Waals surface area contributed by atoms with Crippen LogP contribution in [-0.2, 0) is 10.7 Å². The van der Waals surface area contributed by atoms with Crippen LogP contribution in [0, 0.1) is 5.82 Å². The first kappa shape index (κ1) is 13.3. The zero-order valence-corrected chi connectivity index (χ0v) is 9.21. The molecule has 0 aromatic heterocycles.